The maximum absolute atomic E-state index is 10.9. The monoisotopic (exact) mass is 422 g/mol. The first-order chi connectivity index (χ1) is 14.4. The molecule has 30 heavy (non-hydrogen) atoms. The molecule has 0 bridgehead atoms. The number of ether oxygens (including phenoxy) is 2. The van der Waals surface area contributed by atoms with Crippen LogP contribution in [0, 0.1) is 0 Å². The lowest BCUT2D eigenvalue weighted by Gasteiger charge is -2.22. The third-order valence-corrected chi connectivity index (χ3v) is 5.15. The van der Waals surface area contributed by atoms with Crippen molar-refractivity contribution in [2.75, 3.05) is 13.2 Å². The summed E-state index contributed by atoms with van der Waals surface area (Å²) in [5.41, 5.74) is 1.76. The van der Waals surface area contributed by atoms with Crippen LogP contribution in [0.4, 0.5) is 0 Å². The second kappa shape index (κ2) is 14.6. The summed E-state index contributed by atoms with van der Waals surface area (Å²) in [6, 6.07) is 0.613. The molecular weight excluding hydrogens is 384 g/mol. The maximum atomic E-state index is 10.9. The normalized spacial score (nSPS) is 14.9. The molecule has 1 aliphatic carbocycles. The molecule has 0 unspecified atom stereocenters. The Labute approximate surface area is 180 Å². The van der Waals surface area contributed by atoms with Gasteiger partial charge < -0.3 is 19.1 Å². The Morgan fingerprint density at radius 1 is 1.03 bits per heavy atom. The van der Waals surface area contributed by atoms with Gasteiger partial charge in [-0.3, -0.25) is 9.59 Å². The van der Waals surface area contributed by atoms with Gasteiger partial charge in [0.2, 0.25) is 0 Å². The van der Waals surface area contributed by atoms with Crippen molar-refractivity contribution >= 4 is 17.5 Å². The van der Waals surface area contributed by atoms with Gasteiger partial charge in [-0.15, -0.1) is 0 Å². The van der Waals surface area contributed by atoms with E-state index in [1.165, 1.54) is 32.1 Å². The molecule has 0 radical (unpaired) electrons. The highest BCUT2D eigenvalue weighted by molar-refractivity contribution is 5.70. The van der Waals surface area contributed by atoms with E-state index in [1.807, 2.05) is 13.3 Å². The van der Waals surface area contributed by atoms with E-state index in [0.717, 1.165) is 11.3 Å². The quantitative estimate of drug-likeness (QED) is 0.327. The van der Waals surface area contributed by atoms with Gasteiger partial charge in [-0.25, -0.2) is 4.98 Å². The molecule has 0 amide bonds. The Hall–Kier alpha value is -2.31. The average Bonchev–Trinajstić information content (AvgIpc) is 3.22. The summed E-state index contributed by atoms with van der Waals surface area (Å²) >= 11 is 0. The Morgan fingerprint density at radius 2 is 1.57 bits per heavy atom. The largest absolute Gasteiger partial charge is 0.512 e. The van der Waals surface area contributed by atoms with Crippen LogP contribution in [0.15, 0.2) is 18.3 Å². The number of unbranched alkanes of at least 4 members (excludes halogenated alkanes) is 1. The van der Waals surface area contributed by atoms with Crippen molar-refractivity contribution in [3.63, 3.8) is 0 Å². The zero-order valence-electron chi connectivity index (χ0n) is 19.0. The van der Waals surface area contributed by atoms with Gasteiger partial charge in [0.15, 0.2) is 0 Å². The molecule has 1 fully saturated rings. The molecule has 7 nitrogen and oxygen atoms in total. The number of aromatic nitrogens is 2. The third kappa shape index (κ3) is 9.94. The summed E-state index contributed by atoms with van der Waals surface area (Å²) < 4.78 is 11.7. The molecule has 170 valence electrons. The van der Waals surface area contributed by atoms with Crippen LogP contribution in [0.1, 0.15) is 97.2 Å². The second-order valence-corrected chi connectivity index (χ2v) is 7.53. The standard InChI is InChI=1S/C13H20N2O.C10H18O4/c1-10(11(2)16)13-8-15(9-14-13)12-6-4-3-5-7-12;1-3-13-9(11)7-5-6-8-10(12)14-4-2/h8-9,12,16H,3-7H2,1-2H3;3-8H2,1-2H3/b11-10+;. The number of esters is 2. The zero-order chi connectivity index (χ0) is 22.4. The van der Waals surface area contributed by atoms with Gasteiger partial charge in [0.1, 0.15) is 0 Å². The number of allylic oxidation sites excluding steroid dienone is 2. The van der Waals surface area contributed by atoms with Crippen LogP contribution < -0.4 is 0 Å². The van der Waals surface area contributed by atoms with Crippen molar-refractivity contribution in [1.82, 2.24) is 9.55 Å². The number of carbonyl (C=O) groups excluding carboxylic acids is 2. The van der Waals surface area contributed by atoms with Crippen LogP contribution in [0.5, 0.6) is 0 Å². The van der Waals surface area contributed by atoms with E-state index in [0.29, 0.717) is 50.7 Å². The van der Waals surface area contributed by atoms with Gasteiger partial charge in [-0.05, 0) is 53.4 Å². The number of rotatable bonds is 9. The lowest BCUT2D eigenvalue weighted by atomic mass is 9.95. The van der Waals surface area contributed by atoms with Crippen molar-refractivity contribution in [3.05, 3.63) is 24.0 Å². The minimum atomic E-state index is -0.198. The fraction of sp³-hybridized carbons (Fsp3) is 0.696. The minimum Gasteiger partial charge on any atom is -0.512 e. The number of aliphatic hydroxyl groups excluding tert-OH is 1. The molecule has 2 rings (SSSR count). The number of carbonyl (C=O) groups is 2. The van der Waals surface area contributed by atoms with Gasteiger partial charge in [-0.1, -0.05) is 19.3 Å². The Kier molecular flexibility index (Phi) is 12.6. The number of nitrogens with zero attached hydrogens (tertiary/aromatic N) is 2. The Bertz CT molecular complexity index is 651. The van der Waals surface area contributed by atoms with Crippen molar-refractivity contribution in [3.8, 4) is 0 Å². The fourth-order valence-electron chi connectivity index (χ4n) is 3.30. The molecule has 1 aromatic heterocycles. The minimum absolute atomic E-state index is 0.198. The first-order valence-electron chi connectivity index (χ1n) is 11.1. The van der Waals surface area contributed by atoms with E-state index >= 15 is 0 Å². The predicted octanol–water partition coefficient (Wildman–Crippen LogP) is 5.37. The molecule has 0 aliphatic heterocycles. The van der Waals surface area contributed by atoms with Crippen molar-refractivity contribution in [2.24, 2.45) is 0 Å². The van der Waals surface area contributed by atoms with E-state index in [-0.39, 0.29) is 11.9 Å². The summed E-state index contributed by atoms with van der Waals surface area (Å²) in [4.78, 5) is 26.1. The molecule has 0 atom stereocenters. The van der Waals surface area contributed by atoms with Gasteiger partial charge in [0.05, 0.1) is 31.0 Å². The van der Waals surface area contributed by atoms with E-state index in [1.54, 1.807) is 20.8 Å². The highest BCUT2D eigenvalue weighted by atomic mass is 16.5. The fourth-order valence-corrected chi connectivity index (χ4v) is 3.30. The molecule has 1 heterocycles. The first-order valence-corrected chi connectivity index (χ1v) is 11.1. The number of hydrogen-bond donors (Lipinski definition) is 1. The van der Waals surface area contributed by atoms with Crippen LogP contribution in [0.3, 0.4) is 0 Å². The van der Waals surface area contributed by atoms with E-state index in [4.69, 9.17) is 9.47 Å². The van der Waals surface area contributed by atoms with E-state index < -0.39 is 0 Å². The molecule has 0 spiro atoms. The number of aliphatic hydroxyl groups is 1. The van der Waals surface area contributed by atoms with Crippen LogP contribution in [-0.2, 0) is 19.1 Å². The first kappa shape index (κ1) is 25.7. The van der Waals surface area contributed by atoms with Gasteiger partial charge in [-0.2, -0.15) is 0 Å². The molecule has 1 N–H and O–H groups in total. The van der Waals surface area contributed by atoms with Gasteiger partial charge >= 0.3 is 11.9 Å². The SMILES string of the molecule is C/C(O)=C(/C)c1cn(C2CCCCC2)cn1.CCOC(=O)CCCCC(=O)OCC. The number of imidazole rings is 1. The van der Waals surface area contributed by atoms with Crippen LogP contribution in [0.25, 0.3) is 5.57 Å². The highest BCUT2D eigenvalue weighted by Gasteiger charge is 2.16. The Balaban J connectivity index is 0.000000304. The molecule has 1 saturated carbocycles. The molecule has 0 aromatic carbocycles. The number of hydrogen-bond acceptors (Lipinski definition) is 6. The second-order valence-electron chi connectivity index (χ2n) is 7.53. The molecule has 0 saturated heterocycles. The summed E-state index contributed by atoms with van der Waals surface area (Å²) in [5, 5.41) is 9.42. The summed E-state index contributed by atoms with van der Waals surface area (Å²) in [6.45, 7) is 7.98. The van der Waals surface area contributed by atoms with E-state index in [2.05, 4.69) is 15.7 Å². The third-order valence-electron chi connectivity index (χ3n) is 5.15. The molecule has 1 aromatic rings. The summed E-state index contributed by atoms with van der Waals surface area (Å²) in [6.07, 6.45) is 12.6. The molecule has 1 aliphatic rings. The highest BCUT2D eigenvalue weighted by Crippen LogP contribution is 2.28. The predicted molar refractivity (Wildman–Crippen MR) is 117 cm³/mol. The van der Waals surface area contributed by atoms with Gasteiger partial charge in [0, 0.05) is 30.7 Å². The van der Waals surface area contributed by atoms with Crippen molar-refractivity contribution in [2.45, 2.75) is 91.5 Å². The van der Waals surface area contributed by atoms with E-state index in [9.17, 15) is 14.7 Å². The van der Waals surface area contributed by atoms with Crippen LogP contribution in [0.2, 0.25) is 0 Å². The molecule has 7 heteroatoms. The molecular formula is C23H38N2O5. The maximum Gasteiger partial charge on any atom is 0.305 e. The van der Waals surface area contributed by atoms with Crippen LogP contribution >= 0.6 is 0 Å². The Morgan fingerprint density at radius 3 is 2.03 bits per heavy atom. The summed E-state index contributed by atoms with van der Waals surface area (Å²) in [5.74, 6) is -0.0402. The summed E-state index contributed by atoms with van der Waals surface area (Å²) in [7, 11) is 0. The lowest BCUT2D eigenvalue weighted by Crippen LogP contribution is -2.10. The van der Waals surface area contributed by atoms with Crippen LogP contribution in [-0.4, -0.2) is 39.8 Å². The van der Waals surface area contributed by atoms with Gasteiger partial charge in [0.25, 0.3) is 0 Å². The smallest absolute Gasteiger partial charge is 0.305 e. The zero-order valence-corrected chi connectivity index (χ0v) is 19.0. The average molecular weight is 423 g/mol. The lowest BCUT2D eigenvalue weighted by molar-refractivity contribution is -0.145. The van der Waals surface area contributed by atoms with Crippen molar-refractivity contribution < 1.29 is 24.2 Å². The topological polar surface area (TPSA) is 90.6 Å². The van der Waals surface area contributed by atoms with Crippen molar-refractivity contribution in [1.29, 1.82) is 0 Å².